The second kappa shape index (κ2) is 5.26. The number of benzene rings is 1. The van der Waals surface area contributed by atoms with Gasteiger partial charge in [0, 0.05) is 12.7 Å². The second-order valence-corrected chi connectivity index (χ2v) is 5.46. The minimum atomic E-state index is 0.256. The zero-order chi connectivity index (χ0) is 14.1. The van der Waals surface area contributed by atoms with Crippen LogP contribution in [0.3, 0.4) is 0 Å². The second-order valence-electron chi connectivity index (χ2n) is 4.21. The van der Waals surface area contributed by atoms with Crippen LogP contribution >= 0.6 is 22.9 Å². The molecule has 0 amide bonds. The molecule has 2 heterocycles. The predicted molar refractivity (Wildman–Crippen MR) is 83.5 cm³/mol. The van der Waals surface area contributed by atoms with Crippen molar-refractivity contribution in [2.45, 2.75) is 0 Å². The van der Waals surface area contributed by atoms with Crippen molar-refractivity contribution in [1.29, 1.82) is 0 Å². The Bertz CT molecular complexity index is 742. The number of rotatable bonds is 3. The molecule has 3 aromatic rings. The Labute approximate surface area is 125 Å². The van der Waals surface area contributed by atoms with Crippen LogP contribution in [0.15, 0.2) is 35.7 Å². The zero-order valence-corrected chi connectivity index (χ0v) is 12.6. The highest BCUT2D eigenvalue weighted by Gasteiger charge is 2.13. The first-order valence-corrected chi connectivity index (χ1v) is 7.23. The Morgan fingerprint density at radius 1 is 1.15 bits per heavy atom. The number of methoxy groups -OCH3 is 1. The van der Waals surface area contributed by atoms with Crippen LogP contribution in [0, 0.1) is 0 Å². The van der Waals surface area contributed by atoms with E-state index in [1.807, 2.05) is 47.7 Å². The smallest absolute Gasteiger partial charge is 0.224 e. The third-order valence-electron chi connectivity index (χ3n) is 3.04. The van der Waals surface area contributed by atoms with Crippen LogP contribution in [0.4, 0.5) is 11.5 Å². The van der Waals surface area contributed by atoms with Gasteiger partial charge in [0.15, 0.2) is 5.82 Å². The van der Waals surface area contributed by atoms with Gasteiger partial charge in [0.05, 0.1) is 17.3 Å². The van der Waals surface area contributed by atoms with E-state index >= 15 is 0 Å². The number of fused-ring (bicyclic) bond motifs is 1. The highest BCUT2D eigenvalue weighted by atomic mass is 35.5. The summed E-state index contributed by atoms with van der Waals surface area (Å²) < 4.78 is 6.19. The van der Waals surface area contributed by atoms with Crippen molar-refractivity contribution in [3.05, 3.63) is 41.0 Å². The molecule has 20 heavy (non-hydrogen) atoms. The molecule has 102 valence electrons. The van der Waals surface area contributed by atoms with Gasteiger partial charge >= 0.3 is 0 Å². The van der Waals surface area contributed by atoms with E-state index in [4.69, 9.17) is 16.3 Å². The molecular weight excluding hydrogens is 294 g/mol. The van der Waals surface area contributed by atoms with Gasteiger partial charge in [-0.05, 0) is 47.3 Å². The monoisotopic (exact) mass is 305 g/mol. The van der Waals surface area contributed by atoms with Gasteiger partial charge < -0.3 is 9.64 Å². The number of nitrogens with zero attached hydrogens (tertiary/aromatic N) is 3. The first kappa shape index (κ1) is 13.1. The normalized spacial score (nSPS) is 10.8. The minimum absolute atomic E-state index is 0.256. The lowest BCUT2D eigenvalue weighted by molar-refractivity contribution is 0.415. The van der Waals surface area contributed by atoms with Crippen molar-refractivity contribution in [3.8, 4) is 5.75 Å². The lowest BCUT2D eigenvalue weighted by Gasteiger charge is -2.19. The molecule has 6 heteroatoms. The summed E-state index contributed by atoms with van der Waals surface area (Å²) in [5.41, 5.74) is 1.88. The maximum absolute atomic E-state index is 6.00. The van der Waals surface area contributed by atoms with Crippen LogP contribution in [-0.2, 0) is 0 Å². The van der Waals surface area contributed by atoms with Gasteiger partial charge in [0.25, 0.3) is 0 Å². The summed E-state index contributed by atoms with van der Waals surface area (Å²) in [6.07, 6.45) is 0. The number of aromatic nitrogens is 2. The molecule has 0 bridgehead atoms. The first-order valence-electron chi connectivity index (χ1n) is 5.97. The van der Waals surface area contributed by atoms with Crippen LogP contribution in [0.1, 0.15) is 0 Å². The molecule has 3 rings (SSSR count). The first-order chi connectivity index (χ1) is 9.69. The fraction of sp³-hybridized carbons (Fsp3) is 0.143. The van der Waals surface area contributed by atoms with Crippen molar-refractivity contribution in [2.24, 2.45) is 0 Å². The maximum Gasteiger partial charge on any atom is 0.224 e. The molecule has 0 spiro atoms. The fourth-order valence-electron chi connectivity index (χ4n) is 1.98. The van der Waals surface area contributed by atoms with Gasteiger partial charge in [-0.3, -0.25) is 0 Å². The van der Waals surface area contributed by atoms with Gasteiger partial charge in [0.2, 0.25) is 5.28 Å². The summed E-state index contributed by atoms with van der Waals surface area (Å²) in [6, 6.07) is 9.74. The third kappa shape index (κ3) is 2.30. The quantitative estimate of drug-likeness (QED) is 0.682. The van der Waals surface area contributed by atoms with Crippen molar-refractivity contribution >= 4 is 44.7 Å². The summed E-state index contributed by atoms with van der Waals surface area (Å²) in [7, 11) is 3.61. The van der Waals surface area contributed by atoms with Crippen LogP contribution < -0.4 is 9.64 Å². The molecule has 0 saturated heterocycles. The van der Waals surface area contributed by atoms with Gasteiger partial charge in [-0.2, -0.15) is 4.98 Å². The Balaban J connectivity index is 2.06. The van der Waals surface area contributed by atoms with Crippen molar-refractivity contribution < 1.29 is 4.74 Å². The summed E-state index contributed by atoms with van der Waals surface area (Å²) in [5.74, 6) is 1.63. The van der Waals surface area contributed by atoms with Crippen molar-refractivity contribution in [2.75, 3.05) is 19.1 Å². The molecule has 0 aliphatic carbocycles. The van der Waals surface area contributed by atoms with Gasteiger partial charge in [0.1, 0.15) is 5.75 Å². The number of anilines is 2. The number of thiophene rings is 1. The van der Waals surface area contributed by atoms with Gasteiger partial charge in [-0.25, -0.2) is 4.98 Å². The molecule has 0 radical (unpaired) electrons. The summed E-state index contributed by atoms with van der Waals surface area (Å²) in [4.78, 5) is 10.6. The number of hydrogen-bond acceptors (Lipinski definition) is 5. The highest BCUT2D eigenvalue weighted by Crippen LogP contribution is 2.33. The molecule has 1 aromatic carbocycles. The topological polar surface area (TPSA) is 38.2 Å². The largest absolute Gasteiger partial charge is 0.497 e. The molecule has 0 fully saturated rings. The molecule has 0 saturated carbocycles. The zero-order valence-electron chi connectivity index (χ0n) is 11.0. The Hall–Kier alpha value is -1.85. The van der Waals surface area contributed by atoms with E-state index in [1.165, 1.54) is 0 Å². The molecule has 0 atom stereocenters. The van der Waals surface area contributed by atoms with Crippen LogP contribution in [0.5, 0.6) is 5.75 Å². The lowest BCUT2D eigenvalue weighted by atomic mass is 10.3. The molecule has 2 aromatic heterocycles. The number of hydrogen-bond donors (Lipinski definition) is 0. The van der Waals surface area contributed by atoms with E-state index in [0.717, 1.165) is 27.5 Å². The van der Waals surface area contributed by atoms with Crippen LogP contribution in [0.2, 0.25) is 5.28 Å². The highest BCUT2D eigenvalue weighted by molar-refractivity contribution is 7.17. The van der Waals surface area contributed by atoms with Crippen LogP contribution in [0.25, 0.3) is 10.2 Å². The minimum Gasteiger partial charge on any atom is -0.497 e. The summed E-state index contributed by atoms with van der Waals surface area (Å²) in [6.45, 7) is 0. The Morgan fingerprint density at radius 3 is 2.60 bits per heavy atom. The molecule has 0 aliphatic rings. The van der Waals surface area contributed by atoms with Gasteiger partial charge in [-0.15, -0.1) is 11.3 Å². The number of ether oxygens (including phenoxy) is 1. The predicted octanol–water partition coefficient (Wildman–Crippen LogP) is 4.12. The standard InChI is InChI=1S/C14H12ClN3OS/c1-18(9-3-5-10(19-2)6-4-9)13-12-11(7-8-20-12)16-14(15)17-13/h3-8H,1-2H3. The summed E-state index contributed by atoms with van der Waals surface area (Å²) >= 11 is 7.60. The Kier molecular flexibility index (Phi) is 3.46. The van der Waals surface area contributed by atoms with E-state index in [1.54, 1.807) is 18.4 Å². The molecule has 0 aliphatic heterocycles. The van der Waals surface area contributed by atoms with E-state index in [0.29, 0.717) is 0 Å². The molecule has 4 nitrogen and oxygen atoms in total. The molecular formula is C14H12ClN3OS. The molecule has 0 N–H and O–H groups in total. The van der Waals surface area contributed by atoms with E-state index < -0.39 is 0 Å². The fourth-order valence-corrected chi connectivity index (χ4v) is 3.00. The van der Waals surface area contributed by atoms with Crippen LogP contribution in [-0.4, -0.2) is 24.1 Å². The van der Waals surface area contributed by atoms with Gasteiger partial charge in [-0.1, -0.05) is 0 Å². The average Bonchev–Trinajstić information content (AvgIpc) is 2.94. The van der Waals surface area contributed by atoms with Crippen molar-refractivity contribution in [3.63, 3.8) is 0 Å². The summed E-state index contributed by atoms with van der Waals surface area (Å²) in [5, 5.41) is 2.24. The third-order valence-corrected chi connectivity index (χ3v) is 4.10. The SMILES string of the molecule is COc1ccc(N(C)c2nc(Cl)nc3ccsc23)cc1. The lowest BCUT2D eigenvalue weighted by Crippen LogP contribution is -2.11. The van der Waals surface area contributed by atoms with E-state index in [2.05, 4.69) is 9.97 Å². The Morgan fingerprint density at radius 2 is 1.90 bits per heavy atom. The molecule has 0 unspecified atom stereocenters. The number of halogens is 1. The maximum atomic E-state index is 6.00. The van der Waals surface area contributed by atoms with E-state index in [-0.39, 0.29) is 5.28 Å². The van der Waals surface area contributed by atoms with E-state index in [9.17, 15) is 0 Å². The average molecular weight is 306 g/mol. The van der Waals surface area contributed by atoms with Crippen molar-refractivity contribution in [1.82, 2.24) is 9.97 Å².